The summed E-state index contributed by atoms with van der Waals surface area (Å²) >= 11 is 10.2. The first-order valence-electron chi connectivity index (χ1n) is 6.25. The summed E-state index contributed by atoms with van der Waals surface area (Å²) < 4.78 is 29.3. The lowest BCUT2D eigenvalue weighted by atomic mass is 10.2. The number of carbonyl (C=O) groups excluding carboxylic acids is 1. The second-order valence-electron chi connectivity index (χ2n) is 4.65. The summed E-state index contributed by atoms with van der Waals surface area (Å²) in [5.74, 6) is 0. The van der Waals surface area contributed by atoms with Crippen molar-refractivity contribution in [2.45, 2.75) is 23.2 Å². The van der Waals surface area contributed by atoms with Gasteiger partial charge in [0.1, 0.15) is 12.1 Å². The highest BCUT2D eigenvalue weighted by Crippen LogP contribution is 2.24. The second kappa shape index (κ2) is 8.07. The fraction of sp³-hybridized carbons (Fsp3) is 0.583. The van der Waals surface area contributed by atoms with E-state index in [-0.39, 0.29) is 17.9 Å². The van der Waals surface area contributed by atoms with E-state index in [0.717, 1.165) is 6.26 Å². The van der Waals surface area contributed by atoms with Gasteiger partial charge in [-0.3, -0.25) is 0 Å². The minimum Gasteiger partial charge on any atom is -0.445 e. The molecule has 21 heavy (non-hydrogen) atoms. The van der Waals surface area contributed by atoms with Crippen LogP contribution in [0.4, 0.5) is 4.79 Å². The van der Waals surface area contributed by atoms with E-state index in [1.807, 2.05) is 0 Å². The Bertz CT molecular complexity index is 509. The average Bonchev–Trinajstić information content (AvgIpc) is 2.73. The van der Waals surface area contributed by atoms with Crippen molar-refractivity contribution in [1.82, 2.24) is 9.62 Å². The van der Waals surface area contributed by atoms with E-state index in [0.29, 0.717) is 13.0 Å². The molecule has 0 spiro atoms. The Hall–Kier alpha value is -0.700. The number of nitrogens with one attached hydrogen (secondary N) is 1. The molecule has 1 rings (SSSR count). The van der Waals surface area contributed by atoms with Crippen molar-refractivity contribution >= 4 is 40.3 Å². The minimum absolute atomic E-state index is 0.0348. The Morgan fingerprint density at radius 3 is 2.90 bits per heavy atom. The predicted octanol–water partition coefficient (Wildman–Crippen LogP) is 1.35. The van der Waals surface area contributed by atoms with Gasteiger partial charge in [-0.1, -0.05) is 24.8 Å². The lowest BCUT2D eigenvalue weighted by Crippen LogP contribution is -2.36. The number of ether oxygens (including phenoxy) is 1. The molecule has 0 aliphatic carbocycles. The van der Waals surface area contributed by atoms with Gasteiger partial charge >= 0.3 is 6.09 Å². The Labute approximate surface area is 135 Å². The molecular weight excluding hydrogens is 336 g/mol. The number of thiol groups is 1. The Morgan fingerprint density at radius 2 is 2.33 bits per heavy atom. The molecule has 0 aromatic heterocycles. The van der Waals surface area contributed by atoms with Gasteiger partial charge in [0.25, 0.3) is 0 Å². The van der Waals surface area contributed by atoms with Gasteiger partial charge in [-0.05, 0) is 6.42 Å². The van der Waals surface area contributed by atoms with E-state index < -0.39 is 21.6 Å². The molecule has 1 aliphatic heterocycles. The summed E-state index contributed by atoms with van der Waals surface area (Å²) in [5.41, 5.74) is -0.870. The fourth-order valence-corrected chi connectivity index (χ4v) is 3.37. The highest BCUT2D eigenvalue weighted by atomic mass is 35.5. The van der Waals surface area contributed by atoms with Crippen LogP contribution < -0.4 is 4.72 Å². The van der Waals surface area contributed by atoms with Gasteiger partial charge in [0.05, 0.1) is 12.3 Å². The number of nitrogens with zero attached hydrogens (tertiary/aromatic N) is 1. The van der Waals surface area contributed by atoms with Crippen molar-refractivity contribution in [3.63, 3.8) is 0 Å². The van der Waals surface area contributed by atoms with Crippen molar-refractivity contribution in [3.8, 4) is 0 Å². The lowest BCUT2D eigenvalue weighted by molar-refractivity contribution is 0.114. The summed E-state index contributed by atoms with van der Waals surface area (Å²) in [6.45, 7) is 4.07. The molecule has 1 amide bonds. The molecule has 0 saturated carbocycles. The summed E-state index contributed by atoms with van der Waals surface area (Å²) in [5, 5.41) is 0.0348. The monoisotopic (exact) mass is 354 g/mol. The van der Waals surface area contributed by atoms with Crippen molar-refractivity contribution < 1.29 is 17.9 Å². The zero-order chi connectivity index (χ0) is 16.0. The maximum Gasteiger partial charge on any atom is 0.410 e. The fourth-order valence-electron chi connectivity index (χ4n) is 1.92. The third-order valence-electron chi connectivity index (χ3n) is 2.71. The van der Waals surface area contributed by atoms with Crippen molar-refractivity contribution in [1.29, 1.82) is 0 Å². The number of likely N-dealkylation sites (tertiary alicyclic amines) is 1. The predicted molar refractivity (Wildman–Crippen MR) is 86.2 cm³/mol. The summed E-state index contributed by atoms with van der Waals surface area (Å²) in [7, 11) is -3.39. The van der Waals surface area contributed by atoms with Crippen LogP contribution in [0, 0.1) is 0 Å². The maximum absolute atomic E-state index is 11.9. The molecule has 0 bridgehead atoms. The first kappa shape index (κ1) is 18.3. The average molecular weight is 355 g/mol. The number of alkyl halides is 1. The highest BCUT2D eigenvalue weighted by molar-refractivity contribution is 7.88. The Kier molecular flexibility index (Phi) is 7.05. The highest BCUT2D eigenvalue weighted by Gasteiger charge is 2.33. The van der Waals surface area contributed by atoms with Crippen LogP contribution in [0.1, 0.15) is 6.42 Å². The zero-order valence-electron chi connectivity index (χ0n) is 11.6. The molecule has 1 saturated heterocycles. The van der Waals surface area contributed by atoms with Crippen molar-refractivity contribution in [2.24, 2.45) is 0 Å². The van der Waals surface area contributed by atoms with Crippen LogP contribution in [0.5, 0.6) is 0 Å². The van der Waals surface area contributed by atoms with Gasteiger partial charge in [0.15, 0.2) is 0 Å². The van der Waals surface area contributed by atoms with Crippen LogP contribution in [0.3, 0.4) is 0 Å². The molecule has 0 radical (unpaired) electrons. The van der Waals surface area contributed by atoms with E-state index in [1.54, 1.807) is 6.08 Å². The number of amides is 1. The third kappa shape index (κ3) is 6.73. The maximum atomic E-state index is 11.9. The number of hydrogen-bond donors (Lipinski definition) is 2. The molecular formula is C12H19ClN2O4S2. The van der Waals surface area contributed by atoms with Gasteiger partial charge in [0, 0.05) is 11.8 Å². The van der Waals surface area contributed by atoms with Crippen LogP contribution in [0.15, 0.2) is 24.8 Å². The topological polar surface area (TPSA) is 75.7 Å². The van der Waals surface area contributed by atoms with E-state index in [4.69, 9.17) is 16.3 Å². The van der Waals surface area contributed by atoms with Crippen LogP contribution in [0.2, 0.25) is 0 Å². The summed E-state index contributed by atoms with van der Waals surface area (Å²) in [6.07, 6.45) is 5.87. The van der Waals surface area contributed by atoms with Crippen molar-refractivity contribution in [3.05, 3.63) is 24.8 Å². The molecule has 1 fully saturated rings. The summed E-state index contributed by atoms with van der Waals surface area (Å²) in [4.78, 5) is 13.4. The molecule has 9 heteroatoms. The van der Waals surface area contributed by atoms with Crippen LogP contribution in [-0.4, -0.2) is 55.6 Å². The smallest absolute Gasteiger partial charge is 0.410 e. The molecule has 1 aliphatic rings. The number of sulfonamides is 1. The van der Waals surface area contributed by atoms with E-state index in [2.05, 4.69) is 23.9 Å². The lowest BCUT2D eigenvalue weighted by Gasteiger charge is -2.21. The molecule has 0 aromatic rings. The molecule has 120 valence electrons. The van der Waals surface area contributed by atoms with Crippen molar-refractivity contribution in [2.75, 3.05) is 19.4 Å². The molecule has 1 unspecified atom stereocenters. The normalized spacial score (nSPS) is 24.2. The van der Waals surface area contributed by atoms with E-state index in [9.17, 15) is 13.2 Å². The zero-order valence-corrected chi connectivity index (χ0v) is 14.1. The molecule has 1 heterocycles. The number of rotatable bonds is 6. The van der Waals surface area contributed by atoms with Crippen LogP contribution in [-0.2, 0) is 14.8 Å². The van der Waals surface area contributed by atoms with Gasteiger partial charge in [-0.25, -0.2) is 13.2 Å². The molecule has 3 atom stereocenters. The second-order valence-corrected chi connectivity index (χ2v) is 7.63. The molecule has 6 nitrogen and oxygen atoms in total. The van der Waals surface area contributed by atoms with Gasteiger partial charge in [-0.15, -0.1) is 11.6 Å². The standard InChI is InChI=1S/C12H19ClN2O4S2/c1-3-6-19-12(16)15-8-10(20)7-9(15)4-5-11(13)14-21(2,17)18/h3-5,9-11,14,20H,1,6-8H2,2H3/t9-,10+,11?/m1/s1. The molecule has 0 aromatic carbocycles. The van der Waals surface area contributed by atoms with Gasteiger partial charge in [-0.2, -0.15) is 17.4 Å². The van der Waals surface area contributed by atoms with E-state index >= 15 is 0 Å². The van der Waals surface area contributed by atoms with Gasteiger partial charge in [0.2, 0.25) is 10.0 Å². The Morgan fingerprint density at radius 1 is 1.67 bits per heavy atom. The third-order valence-corrected chi connectivity index (χ3v) is 4.15. The van der Waals surface area contributed by atoms with E-state index in [1.165, 1.54) is 17.1 Å². The molecule has 1 N–H and O–H groups in total. The number of hydrogen-bond acceptors (Lipinski definition) is 5. The Balaban J connectivity index is 2.66. The first-order chi connectivity index (χ1) is 9.73. The van der Waals surface area contributed by atoms with Crippen LogP contribution >= 0.6 is 24.2 Å². The number of carbonyl (C=O) groups is 1. The quantitative estimate of drug-likeness (QED) is 0.327. The minimum atomic E-state index is -3.39. The van der Waals surface area contributed by atoms with Crippen LogP contribution in [0.25, 0.3) is 0 Å². The first-order valence-corrected chi connectivity index (χ1v) is 9.09. The largest absolute Gasteiger partial charge is 0.445 e. The summed E-state index contributed by atoms with van der Waals surface area (Å²) in [6, 6.07) is -0.229. The number of halogens is 1. The SMILES string of the molecule is C=CCOC(=O)N1C[C@@H](S)C[C@H]1C=CC(Cl)NS(C)(=O)=O. The van der Waals surface area contributed by atoms with Gasteiger partial charge < -0.3 is 9.64 Å².